The van der Waals surface area contributed by atoms with Gasteiger partial charge in [0.25, 0.3) is 17.4 Å². The molecule has 1 aromatic heterocycles. The number of methoxy groups -OCH3 is 2. The van der Waals surface area contributed by atoms with E-state index in [1.807, 2.05) is 0 Å². The molecule has 0 saturated carbocycles. The minimum atomic E-state index is -0.917. The van der Waals surface area contributed by atoms with Gasteiger partial charge in [0, 0.05) is 43.5 Å². The predicted molar refractivity (Wildman–Crippen MR) is 174 cm³/mol. The lowest BCUT2D eigenvalue weighted by Gasteiger charge is -2.26. The number of benzene rings is 2. The van der Waals surface area contributed by atoms with Crippen molar-refractivity contribution in [3.05, 3.63) is 81.8 Å². The van der Waals surface area contributed by atoms with E-state index in [-0.39, 0.29) is 48.3 Å². The molecule has 3 aromatic rings. The first-order valence-electron chi connectivity index (χ1n) is 15.3. The molecular weight excluding hydrogens is 606 g/mol. The Morgan fingerprint density at radius 3 is 2.40 bits per heavy atom. The van der Waals surface area contributed by atoms with Gasteiger partial charge in [0.15, 0.2) is 11.5 Å². The van der Waals surface area contributed by atoms with Crippen LogP contribution in [0.25, 0.3) is 0 Å². The number of nitrogens with zero attached hydrogens (tertiary/aromatic N) is 2. The van der Waals surface area contributed by atoms with Crippen molar-refractivity contribution in [2.45, 2.75) is 39.3 Å². The Bertz CT molecular complexity index is 1690. The summed E-state index contributed by atoms with van der Waals surface area (Å²) in [6.07, 6.45) is 2.44. The van der Waals surface area contributed by atoms with Gasteiger partial charge in [-0.05, 0) is 55.2 Å². The molecule has 2 bridgehead atoms. The molecule has 0 fully saturated rings. The van der Waals surface area contributed by atoms with Gasteiger partial charge >= 0.3 is 0 Å². The normalized spacial score (nSPS) is 16.6. The number of pyridine rings is 1. The molecule has 0 saturated heterocycles. The lowest BCUT2D eigenvalue weighted by molar-refractivity contribution is -0.130. The van der Waals surface area contributed by atoms with E-state index in [1.165, 1.54) is 42.0 Å². The number of hydrogen-bond acceptors (Lipinski definition) is 8. The number of amides is 4. The molecule has 0 aliphatic carbocycles. The summed E-state index contributed by atoms with van der Waals surface area (Å²) < 4.78 is 18.6. The van der Waals surface area contributed by atoms with Gasteiger partial charge in [0.2, 0.25) is 11.8 Å². The maximum Gasteiger partial charge on any atom is 0.254 e. The summed E-state index contributed by atoms with van der Waals surface area (Å²) in [7, 11) is 4.56. The van der Waals surface area contributed by atoms with E-state index >= 15 is 0 Å². The van der Waals surface area contributed by atoms with E-state index in [9.17, 15) is 24.0 Å². The number of nitrogens with one attached hydrogen (secondary N) is 3. The van der Waals surface area contributed by atoms with Crippen LogP contribution < -0.4 is 35.7 Å². The fraction of sp³-hybridized carbons (Fsp3) is 0.382. The van der Waals surface area contributed by atoms with Gasteiger partial charge in [0.05, 0.1) is 32.9 Å². The number of aryl methyl sites for hydroxylation is 1. The Morgan fingerprint density at radius 2 is 1.70 bits per heavy atom. The third kappa shape index (κ3) is 8.69. The Hall–Kier alpha value is -5.33. The van der Waals surface area contributed by atoms with Crippen LogP contribution in [0, 0.1) is 5.92 Å². The van der Waals surface area contributed by atoms with Crippen molar-refractivity contribution in [1.82, 2.24) is 25.4 Å². The number of aromatic nitrogens is 1. The Morgan fingerprint density at radius 1 is 0.936 bits per heavy atom. The first-order valence-corrected chi connectivity index (χ1v) is 15.3. The Labute approximate surface area is 273 Å². The summed E-state index contributed by atoms with van der Waals surface area (Å²) in [5.41, 5.74) is 0.644. The van der Waals surface area contributed by atoms with E-state index in [0.717, 1.165) is 0 Å². The van der Waals surface area contributed by atoms with E-state index in [4.69, 9.17) is 14.2 Å². The predicted octanol–water partition coefficient (Wildman–Crippen LogP) is 2.62. The Balaban J connectivity index is 1.68. The van der Waals surface area contributed by atoms with Crippen LogP contribution in [0.2, 0.25) is 0 Å². The zero-order valence-corrected chi connectivity index (χ0v) is 27.3. The van der Waals surface area contributed by atoms with Crippen molar-refractivity contribution >= 4 is 23.6 Å². The number of rotatable bonds is 4. The molecule has 13 nitrogen and oxygen atoms in total. The number of ether oxygens (including phenoxy) is 3. The highest BCUT2D eigenvalue weighted by molar-refractivity contribution is 5.97. The van der Waals surface area contributed by atoms with Crippen LogP contribution in [0.5, 0.6) is 23.0 Å². The zero-order chi connectivity index (χ0) is 34.1. The minimum absolute atomic E-state index is 0.00661. The standard InChI is InChI=1S/C34H41N5O8/c1-21(2)31-33(43)36-19-24-25(45-4)9-8-10-26(24)47-28-17-22(11-12-27(28)46-5)32(42)35-14-6-7-15-39(20-29(40)37-31)34(44)23-13-16-38(3)30(41)18-23/h8-13,16-18,21,31H,6-7,14-15,19-20H2,1-5H3,(H,35,42)(H,36,43)(H,37,40)/t31-/m1/s1. The van der Waals surface area contributed by atoms with Gasteiger partial charge in [-0.2, -0.15) is 0 Å². The van der Waals surface area contributed by atoms with Gasteiger partial charge in [-0.1, -0.05) is 19.9 Å². The summed E-state index contributed by atoms with van der Waals surface area (Å²) in [4.78, 5) is 66.9. The van der Waals surface area contributed by atoms with Crippen molar-refractivity contribution in [2.75, 3.05) is 33.9 Å². The summed E-state index contributed by atoms with van der Waals surface area (Å²) in [5.74, 6) is -0.607. The molecule has 1 aliphatic rings. The maximum absolute atomic E-state index is 13.5. The molecule has 4 amide bonds. The fourth-order valence-electron chi connectivity index (χ4n) is 5.08. The molecule has 4 rings (SSSR count). The van der Waals surface area contributed by atoms with Gasteiger partial charge < -0.3 is 39.6 Å². The molecule has 2 heterocycles. The molecule has 13 heteroatoms. The second-order valence-corrected chi connectivity index (χ2v) is 11.5. The zero-order valence-electron chi connectivity index (χ0n) is 27.3. The van der Waals surface area contributed by atoms with Crippen LogP contribution in [0.3, 0.4) is 0 Å². The smallest absolute Gasteiger partial charge is 0.254 e. The van der Waals surface area contributed by atoms with Crippen molar-refractivity contribution < 1.29 is 33.4 Å². The number of fused-ring (bicyclic) bond motifs is 3. The molecule has 0 radical (unpaired) electrons. The molecule has 1 atom stereocenters. The van der Waals surface area contributed by atoms with Crippen molar-refractivity contribution in [2.24, 2.45) is 13.0 Å². The van der Waals surface area contributed by atoms with Crippen molar-refractivity contribution in [3.8, 4) is 23.0 Å². The first kappa shape index (κ1) is 34.5. The first-order chi connectivity index (χ1) is 22.5. The number of carbonyl (C=O) groups is 4. The van der Waals surface area contributed by atoms with Gasteiger partial charge in [-0.25, -0.2) is 0 Å². The summed E-state index contributed by atoms with van der Waals surface area (Å²) in [5, 5.41) is 8.53. The SMILES string of the molecule is COc1ccc2cc1Oc1cccc(OC)c1CNC(=O)[C@@H](C(C)C)NC(=O)CN(C(=O)c1ccn(C)c(=O)c1)CCCCNC2=O. The summed E-state index contributed by atoms with van der Waals surface area (Å²) in [6, 6.07) is 11.8. The van der Waals surface area contributed by atoms with E-state index in [2.05, 4.69) is 16.0 Å². The van der Waals surface area contributed by atoms with Crippen molar-refractivity contribution in [1.29, 1.82) is 0 Å². The molecule has 250 valence electrons. The van der Waals surface area contributed by atoms with Gasteiger partial charge in [-0.15, -0.1) is 0 Å². The second kappa shape index (κ2) is 15.8. The van der Waals surface area contributed by atoms with E-state index in [1.54, 1.807) is 57.3 Å². The molecule has 3 N–H and O–H groups in total. The highest BCUT2D eigenvalue weighted by atomic mass is 16.5. The third-order valence-electron chi connectivity index (χ3n) is 7.77. The summed E-state index contributed by atoms with van der Waals surface area (Å²) >= 11 is 0. The highest BCUT2D eigenvalue weighted by Crippen LogP contribution is 2.37. The average molecular weight is 648 g/mol. The van der Waals surface area contributed by atoms with Crippen LogP contribution >= 0.6 is 0 Å². The summed E-state index contributed by atoms with van der Waals surface area (Å²) in [6.45, 7) is 3.74. The lowest BCUT2D eigenvalue weighted by Crippen LogP contribution is -2.52. The molecule has 1 aliphatic heterocycles. The van der Waals surface area contributed by atoms with Crippen LogP contribution in [-0.2, 0) is 23.2 Å². The van der Waals surface area contributed by atoms with Crippen molar-refractivity contribution in [3.63, 3.8) is 0 Å². The monoisotopic (exact) mass is 647 g/mol. The third-order valence-corrected chi connectivity index (χ3v) is 7.77. The lowest BCUT2D eigenvalue weighted by atomic mass is 10.0. The van der Waals surface area contributed by atoms with Gasteiger partial charge in [-0.3, -0.25) is 24.0 Å². The molecule has 0 spiro atoms. The second-order valence-electron chi connectivity index (χ2n) is 11.5. The minimum Gasteiger partial charge on any atom is -0.496 e. The van der Waals surface area contributed by atoms with Crippen LogP contribution in [-0.4, -0.2) is 73.0 Å². The molecule has 2 aromatic carbocycles. The molecule has 47 heavy (non-hydrogen) atoms. The van der Waals surface area contributed by atoms with Crippen LogP contribution in [0.1, 0.15) is 53.0 Å². The highest BCUT2D eigenvalue weighted by Gasteiger charge is 2.27. The van der Waals surface area contributed by atoms with Crippen LogP contribution in [0.4, 0.5) is 0 Å². The quantitative estimate of drug-likeness (QED) is 0.390. The van der Waals surface area contributed by atoms with E-state index < -0.39 is 23.8 Å². The maximum atomic E-state index is 13.5. The van der Waals surface area contributed by atoms with E-state index in [0.29, 0.717) is 47.8 Å². The largest absolute Gasteiger partial charge is 0.496 e. The van der Waals surface area contributed by atoms with Gasteiger partial charge in [0.1, 0.15) is 17.5 Å². The average Bonchev–Trinajstić information content (AvgIpc) is 3.05. The molecular formula is C34H41N5O8. The molecule has 0 unspecified atom stereocenters. The number of hydrogen-bond donors (Lipinski definition) is 3. The number of carbonyl (C=O) groups excluding carboxylic acids is 4. The van der Waals surface area contributed by atoms with Crippen LogP contribution in [0.15, 0.2) is 59.5 Å². The fourth-order valence-corrected chi connectivity index (χ4v) is 5.08. The topological polar surface area (TPSA) is 157 Å². The Kier molecular flexibility index (Phi) is 11.6.